The van der Waals surface area contributed by atoms with Crippen LogP contribution in [0.5, 0.6) is 11.5 Å². The summed E-state index contributed by atoms with van der Waals surface area (Å²) in [7, 11) is -0.318. The molecule has 6 nitrogen and oxygen atoms in total. The van der Waals surface area contributed by atoms with Crippen LogP contribution in [0.15, 0.2) is 53.6 Å². The molecule has 0 aliphatic heterocycles. The molecule has 0 unspecified atom stereocenters. The molecule has 3 rings (SSSR count). The SMILES string of the molecule is CNCCCCOc1cn(S(=O)(=O)c2ccc(Cl)cc2)c2ccc(OC)cc12. The van der Waals surface area contributed by atoms with Gasteiger partial charge in [-0.05, 0) is 68.9 Å². The van der Waals surface area contributed by atoms with Gasteiger partial charge in [-0.3, -0.25) is 0 Å². The molecule has 150 valence electrons. The standard InChI is InChI=1S/C20H23ClN2O4S/c1-22-11-3-4-12-27-20-14-23(19-10-7-16(26-2)13-18(19)20)28(24,25)17-8-5-15(21)6-9-17/h5-10,13-14,22H,3-4,11-12H2,1-2H3. The number of ether oxygens (including phenoxy) is 2. The predicted octanol–water partition coefficient (Wildman–Crippen LogP) is 3.92. The first-order chi connectivity index (χ1) is 13.5. The fraction of sp³-hybridized carbons (Fsp3) is 0.300. The molecule has 3 aromatic rings. The molecule has 0 saturated carbocycles. The van der Waals surface area contributed by atoms with Gasteiger partial charge in [0.25, 0.3) is 10.0 Å². The number of halogens is 1. The molecule has 0 amide bonds. The summed E-state index contributed by atoms with van der Waals surface area (Å²) in [6.07, 6.45) is 3.36. The van der Waals surface area contributed by atoms with E-state index in [0.29, 0.717) is 34.0 Å². The van der Waals surface area contributed by atoms with Gasteiger partial charge in [0.15, 0.2) is 0 Å². The highest BCUT2D eigenvalue weighted by molar-refractivity contribution is 7.90. The summed E-state index contributed by atoms with van der Waals surface area (Å²) in [6.45, 7) is 1.41. The zero-order chi connectivity index (χ0) is 20.1. The number of nitrogens with one attached hydrogen (secondary N) is 1. The smallest absolute Gasteiger partial charge is 0.268 e. The molecule has 0 fully saturated rings. The van der Waals surface area contributed by atoms with Gasteiger partial charge in [-0.15, -0.1) is 0 Å². The van der Waals surface area contributed by atoms with Crippen molar-refractivity contribution >= 4 is 32.5 Å². The van der Waals surface area contributed by atoms with Gasteiger partial charge in [0.05, 0.1) is 30.3 Å². The molecular weight excluding hydrogens is 400 g/mol. The van der Waals surface area contributed by atoms with E-state index < -0.39 is 10.0 Å². The van der Waals surface area contributed by atoms with Crippen LogP contribution in [-0.4, -0.2) is 39.7 Å². The van der Waals surface area contributed by atoms with E-state index in [4.69, 9.17) is 21.1 Å². The van der Waals surface area contributed by atoms with Crippen molar-refractivity contribution in [3.8, 4) is 11.5 Å². The molecule has 0 bridgehead atoms. The second kappa shape index (κ2) is 8.86. The van der Waals surface area contributed by atoms with Crippen LogP contribution in [0.25, 0.3) is 10.9 Å². The number of methoxy groups -OCH3 is 1. The molecule has 0 saturated heterocycles. The van der Waals surface area contributed by atoms with Gasteiger partial charge in [-0.2, -0.15) is 0 Å². The van der Waals surface area contributed by atoms with E-state index in [1.54, 1.807) is 37.4 Å². The summed E-state index contributed by atoms with van der Waals surface area (Å²) in [6, 6.07) is 11.3. The third-order valence-corrected chi connectivity index (χ3v) is 6.33. The van der Waals surface area contributed by atoms with Crippen molar-refractivity contribution in [2.24, 2.45) is 0 Å². The Bertz CT molecular complexity index is 1050. The molecule has 0 radical (unpaired) electrons. The maximum Gasteiger partial charge on any atom is 0.268 e. The summed E-state index contributed by atoms with van der Waals surface area (Å²) in [4.78, 5) is 0.158. The molecule has 28 heavy (non-hydrogen) atoms. The monoisotopic (exact) mass is 422 g/mol. The molecule has 0 aliphatic carbocycles. The lowest BCUT2D eigenvalue weighted by molar-refractivity contribution is 0.309. The molecule has 2 aromatic carbocycles. The number of hydrogen-bond acceptors (Lipinski definition) is 5. The van der Waals surface area contributed by atoms with Crippen LogP contribution in [0.4, 0.5) is 0 Å². The van der Waals surface area contributed by atoms with Crippen LogP contribution in [0, 0.1) is 0 Å². The van der Waals surface area contributed by atoms with Gasteiger partial charge in [0.2, 0.25) is 0 Å². The minimum absolute atomic E-state index is 0.158. The first-order valence-corrected chi connectivity index (χ1v) is 10.8. The Labute approximate surface area is 170 Å². The van der Waals surface area contributed by atoms with E-state index in [-0.39, 0.29) is 4.90 Å². The highest BCUT2D eigenvalue weighted by atomic mass is 35.5. The molecule has 1 aromatic heterocycles. The Morgan fingerprint density at radius 2 is 1.86 bits per heavy atom. The van der Waals surface area contributed by atoms with Gasteiger partial charge in [0, 0.05) is 10.4 Å². The van der Waals surface area contributed by atoms with Gasteiger partial charge >= 0.3 is 0 Å². The normalized spacial score (nSPS) is 11.7. The molecule has 0 atom stereocenters. The van der Waals surface area contributed by atoms with Crippen LogP contribution < -0.4 is 14.8 Å². The van der Waals surface area contributed by atoms with Crippen molar-refractivity contribution < 1.29 is 17.9 Å². The Kier molecular flexibility index (Phi) is 6.49. The highest BCUT2D eigenvalue weighted by Gasteiger charge is 2.22. The van der Waals surface area contributed by atoms with Gasteiger partial charge in [0.1, 0.15) is 11.5 Å². The highest BCUT2D eigenvalue weighted by Crippen LogP contribution is 2.34. The lowest BCUT2D eigenvalue weighted by atomic mass is 10.2. The van der Waals surface area contributed by atoms with Crippen molar-refractivity contribution in [2.75, 3.05) is 27.3 Å². The number of fused-ring (bicyclic) bond motifs is 1. The van der Waals surface area contributed by atoms with Crippen LogP contribution in [-0.2, 0) is 10.0 Å². The van der Waals surface area contributed by atoms with Crippen LogP contribution in [0.1, 0.15) is 12.8 Å². The molecule has 8 heteroatoms. The number of nitrogens with zero attached hydrogens (tertiary/aromatic N) is 1. The Morgan fingerprint density at radius 1 is 1.11 bits per heavy atom. The van der Waals surface area contributed by atoms with Crippen LogP contribution in [0.3, 0.4) is 0 Å². The molecule has 1 N–H and O–H groups in total. The average molecular weight is 423 g/mol. The van der Waals surface area contributed by atoms with E-state index in [1.165, 1.54) is 22.3 Å². The van der Waals surface area contributed by atoms with E-state index in [1.807, 2.05) is 7.05 Å². The summed E-state index contributed by atoms with van der Waals surface area (Å²) >= 11 is 5.89. The molecule has 1 heterocycles. The summed E-state index contributed by atoms with van der Waals surface area (Å²) in [5, 5.41) is 4.26. The summed E-state index contributed by atoms with van der Waals surface area (Å²) in [5.41, 5.74) is 0.529. The Hall–Kier alpha value is -2.22. The fourth-order valence-corrected chi connectivity index (χ4v) is 4.38. The number of benzene rings is 2. The van der Waals surface area contributed by atoms with E-state index in [9.17, 15) is 8.42 Å². The van der Waals surface area contributed by atoms with Crippen molar-refractivity contribution in [1.82, 2.24) is 9.29 Å². The largest absolute Gasteiger partial charge is 0.497 e. The fourth-order valence-electron chi connectivity index (χ4n) is 2.90. The minimum atomic E-state index is -3.79. The van der Waals surface area contributed by atoms with Crippen LogP contribution in [0.2, 0.25) is 5.02 Å². The predicted molar refractivity (Wildman–Crippen MR) is 111 cm³/mol. The third-order valence-electron chi connectivity index (χ3n) is 4.39. The van der Waals surface area contributed by atoms with Gasteiger partial charge in [-0.25, -0.2) is 12.4 Å². The second-order valence-corrected chi connectivity index (χ2v) is 8.54. The molecule has 0 spiro atoms. The van der Waals surface area contributed by atoms with Crippen LogP contribution >= 0.6 is 11.6 Å². The van der Waals surface area contributed by atoms with Gasteiger partial charge < -0.3 is 14.8 Å². The number of hydrogen-bond donors (Lipinski definition) is 1. The first-order valence-electron chi connectivity index (χ1n) is 8.95. The van der Waals surface area contributed by atoms with E-state index in [0.717, 1.165) is 19.4 Å². The van der Waals surface area contributed by atoms with Gasteiger partial charge in [-0.1, -0.05) is 11.6 Å². The van der Waals surface area contributed by atoms with Crippen molar-refractivity contribution in [3.63, 3.8) is 0 Å². The van der Waals surface area contributed by atoms with E-state index >= 15 is 0 Å². The summed E-state index contributed by atoms with van der Waals surface area (Å²) in [5.74, 6) is 1.14. The minimum Gasteiger partial charge on any atom is -0.497 e. The first kappa shape index (κ1) is 20.5. The molecular formula is C20H23ClN2O4S. The number of unbranched alkanes of at least 4 members (excludes halogenated alkanes) is 1. The maximum atomic E-state index is 13.2. The number of rotatable bonds is 9. The molecule has 0 aliphatic rings. The van der Waals surface area contributed by atoms with Crippen molar-refractivity contribution in [1.29, 1.82) is 0 Å². The zero-order valence-electron chi connectivity index (χ0n) is 15.8. The quantitative estimate of drug-likeness (QED) is 0.529. The van der Waals surface area contributed by atoms with E-state index in [2.05, 4.69) is 5.32 Å². The lowest BCUT2D eigenvalue weighted by Crippen LogP contribution is -2.11. The maximum absolute atomic E-state index is 13.2. The lowest BCUT2D eigenvalue weighted by Gasteiger charge is -2.07. The third kappa shape index (κ3) is 4.27. The Morgan fingerprint density at radius 3 is 2.54 bits per heavy atom. The Balaban J connectivity index is 2.01. The number of aromatic nitrogens is 1. The summed E-state index contributed by atoms with van der Waals surface area (Å²) < 4.78 is 38.8. The topological polar surface area (TPSA) is 69.6 Å². The van der Waals surface area contributed by atoms with Crippen molar-refractivity contribution in [2.45, 2.75) is 17.7 Å². The van der Waals surface area contributed by atoms with Crippen molar-refractivity contribution in [3.05, 3.63) is 53.7 Å². The zero-order valence-corrected chi connectivity index (χ0v) is 17.4. The second-order valence-electron chi connectivity index (χ2n) is 6.29. The average Bonchev–Trinajstić information content (AvgIpc) is 3.07.